The summed E-state index contributed by atoms with van der Waals surface area (Å²) in [6, 6.07) is 3.24. The molecule has 2 aromatic heterocycles. The summed E-state index contributed by atoms with van der Waals surface area (Å²) in [5.74, 6) is -1.52. The second-order valence-electron chi connectivity index (χ2n) is 4.28. The van der Waals surface area contributed by atoms with Gasteiger partial charge in [-0.3, -0.25) is 4.79 Å². The molecule has 3 rings (SSSR count). The molecule has 0 saturated carbocycles. The summed E-state index contributed by atoms with van der Waals surface area (Å²) in [6.45, 7) is 0.502. The number of furan rings is 1. The van der Waals surface area contributed by atoms with Gasteiger partial charge in [-0.15, -0.1) is 0 Å². The van der Waals surface area contributed by atoms with Crippen molar-refractivity contribution in [2.24, 2.45) is 5.92 Å². The number of aliphatic carboxylic acids is 1. The molecule has 0 spiro atoms. The van der Waals surface area contributed by atoms with Crippen LogP contribution >= 0.6 is 0 Å². The Kier molecular flexibility index (Phi) is 2.66. The van der Waals surface area contributed by atoms with Gasteiger partial charge < -0.3 is 14.4 Å². The van der Waals surface area contributed by atoms with Gasteiger partial charge >= 0.3 is 5.97 Å². The predicted octanol–water partition coefficient (Wildman–Crippen LogP) is 1.40. The third kappa shape index (κ3) is 1.92. The second kappa shape index (κ2) is 4.34. The number of halogens is 1. The van der Waals surface area contributed by atoms with Crippen LogP contribution < -0.4 is 4.90 Å². The van der Waals surface area contributed by atoms with Crippen molar-refractivity contribution >= 4 is 11.8 Å². The third-order valence-corrected chi connectivity index (χ3v) is 3.06. The van der Waals surface area contributed by atoms with E-state index in [4.69, 9.17) is 9.52 Å². The summed E-state index contributed by atoms with van der Waals surface area (Å²) in [4.78, 5) is 20.0. The monoisotopic (exact) mass is 263 g/mol. The molecular formula is C12H10FN3O3. The topological polar surface area (TPSA) is 79.5 Å². The number of aromatic nitrogens is 2. The lowest BCUT2D eigenvalue weighted by Gasteiger charge is -2.37. The molecule has 1 fully saturated rings. The van der Waals surface area contributed by atoms with E-state index in [-0.39, 0.29) is 24.6 Å². The largest absolute Gasteiger partial charge is 0.481 e. The highest BCUT2D eigenvalue weighted by atomic mass is 19.1. The van der Waals surface area contributed by atoms with Crippen LogP contribution in [-0.4, -0.2) is 34.1 Å². The number of anilines is 1. The number of carboxylic acids is 1. The van der Waals surface area contributed by atoms with E-state index < -0.39 is 17.7 Å². The molecule has 1 aliphatic heterocycles. The van der Waals surface area contributed by atoms with Crippen LogP contribution in [-0.2, 0) is 4.79 Å². The van der Waals surface area contributed by atoms with Crippen LogP contribution in [0.25, 0.3) is 11.5 Å². The van der Waals surface area contributed by atoms with Crippen LogP contribution in [0.2, 0.25) is 0 Å². The molecule has 1 N–H and O–H groups in total. The Morgan fingerprint density at radius 1 is 1.47 bits per heavy atom. The molecule has 0 atom stereocenters. The predicted molar refractivity (Wildman–Crippen MR) is 63.0 cm³/mol. The van der Waals surface area contributed by atoms with Crippen molar-refractivity contribution in [2.45, 2.75) is 0 Å². The first-order valence-corrected chi connectivity index (χ1v) is 5.69. The van der Waals surface area contributed by atoms with Crippen LogP contribution in [0, 0.1) is 11.7 Å². The zero-order valence-corrected chi connectivity index (χ0v) is 9.78. The van der Waals surface area contributed by atoms with Gasteiger partial charge in [0.25, 0.3) is 0 Å². The smallest absolute Gasteiger partial charge is 0.310 e. The molecule has 7 heteroatoms. The SMILES string of the molecule is O=C(O)C1CN(c2ncnc(-c3ccco3)c2F)C1. The number of hydrogen-bond donors (Lipinski definition) is 1. The summed E-state index contributed by atoms with van der Waals surface area (Å²) < 4.78 is 19.4. The van der Waals surface area contributed by atoms with Gasteiger partial charge in [0, 0.05) is 13.1 Å². The molecule has 19 heavy (non-hydrogen) atoms. The van der Waals surface area contributed by atoms with E-state index in [9.17, 15) is 9.18 Å². The minimum Gasteiger partial charge on any atom is -0.481 e. The fourth-order valence-corrected chi connectivity index (χ4v) is 1.97. The van der Waals surface area contributed by atoms with Crippen LogP contribution in [0.3, 0.4) is 0 Å². The number of nitrogens with zero attached hydrogens (tertiary/aromatic N) is 3. The van der Waals surface area contributed by atoms with E-state index in [2.05, 4.69) is 9.97 Å². The van der Waals surface area contributed by atoms with Gasteiger partial charge in [-0.25, -0.2) is 14.4 Å². The summed E-state index contributed by atoms with van der Waals surface area (Å²) in [7, 11) is 0. The standard InChI is InChI=1S/C12H10FN3O3/c13-9-10(8-2-1-3-19-8)14-6-15-11(9)16-4-7(5-16)12(17)18/h1-3,6-7H,4-5H2,(H,17,18). The fraction of sp³-hybridized carbons (Fsp3) is 0.250. The van der Waals surface area contributed by atoms with Crippen molar-refractivity contribution < 1.29 is 18.7 Å². The highest BCUT2D eigenvalue weighted by Crippen LogP contribution is 2.30. The molecule has 98 valence electrons. The molecule has 0 radical (unpaired) electrons. The normalized spacial score (nSPS) is 15.3. The van der Waals surface area contributed by atoms with Gasteiger partial charge in [-0.1, -0.05) is 0 Å². The highest BCUT2D eigenvalue weighted by molar-refractivity contribution is 5.74. The minimum atomic E-state index is -0.878. The molecule has 0 aliphatic carbocycles. The Morgan fingerprint density at radius 2 is 2.26 bits per heavy atom. The van der Waals surface area contributed by atoms with Crippen LogP contribution in [0.4, 0.5) is 10.2 Å². The van der Waals surface area contributed by atoms with Crippen LogP contribution in [0.15, 0.2) is 29.1 Å². The molecule has 0 amide bonds. The van der Waals surface area contributed by atoms with Gasteiger partial charge in [0.2, 0.25) is 0 Å². The number of hydrogen-bond acceptors (Lipinski definition) is 5. The fourth-order valence-electron chi connectivity index (χ4n) is 1.97. The number of carbonyl (C=O) groups is 1. The average molecular weight is 263 g/mol. The van der Waals surface area contributed by atoms with E-state index in [0.29, 0.717) is 5.76 Å². The van der Waals surface area contributed by atoms with Crippen molar-refractivity contribution in [1.82, 2.24) is 9.97 Å². The minimum absolute atomic E-state index is 0.0776. The Balaban J connectivity index is 1.88. The van der Waals surface area contributed by atoms with E-state index in [0.717, 1.165) is 0 Å². The van der Waals surface area contributed by atoms with Gasteiger partial charge in [0.1, 0.15) is 12.0 Å². The number of carboxylic acid groups (broad SMARTS) is 1. The van der Waals surface area contributed by atoms with Crippen molar-refractivity contribution in [1.29, 1.82) is 0 Å². The van der Waals surface area contributed by atoms with E-state index in [1.165, 1.54) is 12.6 Å². The molecular weight excluding hydrogens is 253 g/mol. The maximum Gasteiger partial charge on any atom is 0.310 e. The lowest BCUT2D eigenvalue weighted by atomic mass is 10.0. The van der Waals surface area contributed by atoms with E-state index in [1.54, 1.807) is 17.0 Å². The van der Waals surface area contributed by atoms with Crippen LogP contribution in [0.1, 0.15) is 0 Å². The molecule has 0 bridgehead atoms. The van der Waals surface area contributed by atoms with Crippen LogP contribution in [0.5, 0.6) is 0 Å². The van der Waals surface area contributed by atoms with E-state index in [1.807, 2.05) is 0 Å². The van der Waals surface area contributed by atoms with Crippen molar-refractivity contribution in [3.63, 3.8) is 0 Å². The van der Waals surface area contributed by atoms with Gasteiger partial charge in [-0.2, -0.15) is 0 Å². The summed E-state index contributed by atoms with van der Waals surface area (Å²) in [6.07, 6.45) is 2.67. The first-order valence-electron chi connectivity index (χ1n) is 5.69. The van der Waals surface area contributed by atoms with Crippen molar-refractivity contribution in [3.8, 4) is 11.5 Å². The molecule has 3 heterocycles. The quantitative estimate of drug-likeness (QED) is 0.901. The first kappa shape index (κ1) is 11.6. The molecule has 1 saturated heterocycles. The third-order valence-electron chi connectivity index (χ3n) is 3.06. The zero-order chi connectivity index (χ0) is 13.4. The van der Waals surface area contributed by atoms with Gasteiger partial charge in [-0.05, 0) is 12.1 Å². The number of rotatable bonds is 3. The molecule has 2 aromatic rings. The maximum atomic E-state index is 14.3. The Labute approximate surface area is 107 Å². The highest BCUT2D eigenvalue weighted by Gasteiger charge is 2.35. The second-order valence-corrected chi connectivity index (χ2v) is 4.28. The summed E-state index contributed by atoms with van der Waals surface area (Å²) >= 11 is 0. The first-order chi connectivity index (χ1) is 9.16. The van der Waals surface area contributed by atoms with Gasteiger partial charge in [0.15, 0.2) is 17.4 Å². The lowest BCUT2D eigenvalue weighted by Crippen LogP contribution is -2.51. The Hall–Kier alpha value is -2.44. The maximum absolute atomic E-state index is 14.3. The molecule has 0 unspecified atom stereocenters. The summed E-state index contributed by atoms with van der Waals surface area (Å²) in [5.41, 5.74) is 0.0776. The van der Waals surface area contributed by atoms with Gasteiger partial charge in [0.05, 0.1) is 12.2 Å². The summed E-state index contributed by atoms with van der Waals surface area (Å²) in [5, 5.41) is 8.80. The van der Waals surface area contributed by atoms with Crippen molar-refractivity contribution in [2.75, 3.05) is 18.0 Å². The van der Waals surface area contributed by atoms with Crippen molar-refractivity contribution in [3.05, 3.63) is 30.5 Å². The molecule has 0 aromatic carbocycles. The Morgan fingerprint density at radius 3 is 2.89 bits per heavy atom. The molecule has 1 aliphatic rings. The zero-order valence-electron chi connectivity index (χ0n) is 9.78. The lowest BCUT2D eigenvalue weighted by molar-refractivity contribution is -0.142. The molecule has 6 nitrogen and oxygen atoms in total. The van der Waals surface area contributed by atoms with E-state index >= 15 is 0 Å². The average Bonchev–Trinajstić information content (AvgIpc) is 2.82. The Bertz CT molecular complexity index is 609.